The maximum atomic E-state index is 13.6. The fourth-order valence-electron chi connectivity index (χ4n) is 3.97. The summed E-state index contributed by atoms with van der Waals surface area (Å²) in [5.41, 5.74) is 3.62. The second kappa shape index (κ2) is 9.69. The molecule has 0 radical (unpaired) electrons. The van der Waals surface area contributed by atoms with E-state index in [9.17, 15) is 4.79 Å². The van der Waals surface area contributed by atoms with Crippen LogP contribution >= 0.6 is 22.9 Å². The van der Waals surface area contributed by atoms with Crippen LogP contribution in [0.15, 0.2) is 42.6 Å². The van der Waals surface area contributed by atoms with Crippen LogP contribution in [0, 0.1) is 6.92 Å². The van der Waals surface area contributed by atoms with Crippen molar-refractivity contribution in [2.45, 2.75) is 13.3 Å². The summed E-state index contributed by atoms with van der Waals surface area (Å²) >= 11 is 7.88. The van der Waals surface area contributed by atoms with E-state index in [1.807, 2.05) is 43.3 Å². The summed E-state index contributed by atoms with van der Waals surface area (Å²) in [6.45, 7) is 6.76. The molecular formula is C24H24ClN5O2S. The summed E-state index contributed by atoms with van der Waals surface area (Å²) in [4.78, 5) is 31.5. The second-order valence-corrected chi connectivity index (χ2v) is 9.43. The number of morpholine rings is 1. The molecule has 1 aliphatic rings. The minimum Gasteiger partial charge on any atom is -0.379 e. The van der Waals surface area contributed by atoms with Crippen LogP contribution in [0.4, 0.5) is 5.13 Å². The zero-order valence-electron chi connectivity index (χ0n) is 18.3. The number of ether oxygens (including phenoxy) is 1. The molecule has 0 bridgehead atoms. The molecule has 2 aromatic heterocycles. The highest BCUT2D eigenvalue weighted by Gasteiger charge is 2.24. The van der Waals surface area contributed by atoms with Crippen LogP contribution in [-0.2, 0) is 4.74 Å². The largest absolute Gasteiger partial charge is 0.379 e. The van der Waals surface area contributed by atoms with E-state index in [4.69, 9.17) is 21.3 Å². The Kier molecular flexibility index (Phi) is 6.50. The van der Waals surface area contributed by atoms with Gasteiger partial charge in [-0.1, -0.05) is 41.1 Å². The molecule has 0 unspecified atom stereocenters. The predicted molar refractivity (Wildman–Crippen MR) is 132 cm³/mol. The van der Waals surface area contributed by atoms with E-state index in [-0.39, 0.29) is 5.91 Å². The number of carbonyl (C=O) groups excluding carboxylic acids is 1. The van der Waals surface area contributed by atoms with Gasteiger partial charge in [0.2, 0.25) is 0 Å². The van der Waals surface area contributed by atoms with Crippen LogP contribution in [-0.4, -0.2) is 65.2 Å². The van der Waals surface area contributed by atoms with Crippen molar-refractivity contribution in [3.8, 4) is 0 Å². The SMILES string of the molecule is Cc1ccc(Cl)c2sc(N(CCCN3CCOCC3)C(=O)c3cnc4ccccc4n3)nc12. The molecule has 1 saturated heterocycles. The minimum absolute atomic E-state index is 0.205. The van der Waals surface area contributed by atoms with Gasteiger partial charge in [-0.15, -0.1) is 0 Å². The quantitative estimate of drug-likeness (QED) is 0.401. The molecule has 7 nitrogen and oxygen atoms in total. The van der Waals surface area contributed by atoms with Gasteiger partial charge in [-0.25, -0.2) is 9.97 Å². The number of hydrogen-bond acceptors (Lipinski definition) is 7. The Morgan fingerprint density at radius 1 is 1.15 bits per heavy atom. The van der Waals surface area contributed by atoms with Crippen LogP contribution in [0.3, 0.4) is 0 Å². The number of aryl methyl sites for hydroxylation is 1. The molecule has 0 saturated carbocycles. The predicted octanol–water partition coefficient (Wildman–Crippen LogP) is 4.57. The minimum atomic E-state index is -0.205. The summed E-state index contributed by atoms with van der Waals surface area (Å²) in [5, 5.41) is 1.27. The van der Waals surface area contributed by atoms with Crippen molar-refractivity contribution in [3.63, 3.8) is 0 Å². The monoisotopic (exact) mass is 481 g/mol. The Bertz CT molecular complexity index is 1270. The lowest BCUT2D eigenvalue weighted by Gasteiger charge is -2.27. The molecule has 5 rings (SSSR count). The number of nitrogens with zero attached hydrogens (tertiary/aromatic N) is 5. The van der Waals surface area contributed by atoms with Crippen molar-refractivity contribution in [1.82, 2.24) is 19.9 Å². The molecule has 1 aliphatic heterocycles. The van der Waals surface area contributed by atoms with Crippen LogP contribution < -0.4 is 4.90 Å². The molecule has 0 N–H and O–H groups in total. The Balaban J connectivity index is 1.46. The van der Waals surface area contributed by atoms with Gasteiger partial charge in [0.05, 0.1) is 45.7 Å². The summed E-state index contributed by atoms with van der Waals surface area (Å²) in [5.74, 6) is -0.205. The number of amides is 1. The number of para-hydroxylation sites is 2. The van der Waals surface area contributed by atoms with Crippen LogP contribution in [0.5, 0.6) is 0 Å². The van der Waals surface area contributed by atoms with Gasteiger partial charge in [-0.3, -0.25) is 19.6 Å². The van der Waals surface area contributed by atoms with Gasteiger partial charge in [0.15, 0.2) is 5.13 Å². The molecule has 0 spiro atoms. The maximum absolute atomic E-state index is 13.6. The maximum Gasteiger partial charge on any atom is 0.280 e. The van der Waals surface area contributed by atoms with Gasteiger partial charge in [0.25, 0.3) is 5.91 Å². The van der Waals surface area contributed by atoms with E-state index in [1.54, 1.807) is 11.1 Å². The number of thiazole rings is 1. The number of halogens is 1. The first-order valence-electron chi connectivity index (χ1n) is 11.0. The highest BCUT2D eigenvalue weighted by Crippen LogP contribution is 2.36. The lowest BCUT2D eigenvalue weighted by atomic mass is 10.2. The van der Waals surface area contributed by atoms with Crippen LogP contribution in [0.1, 0.15) is 22.5 Å². The van der Waals surface area contributed by atoms with Crippen molar-refractivity contribution >= 4 is 55.2 Å². The van der Waals surface area contributed by atoms with E-state index in [0.29, 0.717) is 27.9 Å². The number of hydrogen-bond donors (Lipinski definition) is 0. The lowest BCUT2D eigenvalue weighted by Crippen LogP contribution is -2.39. The van der Waals surface area contributed by atoms with E-state index in [1.165, 1.54) is 11.3 Å². The zero-order chi connectivity index (χ0) is 22.8. The number of anilines is 1. The Morgan fingerprint density at radius 3 is 2.73 bits per heavy atom. The highest BCUT2D eigenvalue weighted by atomic mass is 35.5. The molecule has 0 atom stereocenters. The Morgan fingerprint density at radius 2 is 1.94 bits per heavy atom. The molecule has 33 heavy (non-hydrogen) atoms. The van der Waals surface area contributed by atoms with Gasteiger partial charge < -0.3 is 4.74 Å². The van der Waals surface area contributed by atoms with Crippen LogP contribution in [0.25, 0.3) is 21.3 Å². The molecule has 0 aliphatic carbocycles. The smallest absolute Gasteiger partial charge is 0.280 e. The van der Waals surface area contributed by atoms with E-state index in [2.05, 4.69) is 14.9 Å². The molecule has 1 amide bonds. The fourth-order valence-corrected chi connectivity index (χ4v) is 5.31. The average Bonchev–Trinajstić information content (AvgIpc) is 3.31. The Hall–Kier alpha value is -2.65. The van der Waals surface area contributed by atoms with Crippen molar-refractivity contribution in [2.75, 3.05) is 44.3 Å². The standard InChI is InChI=1S/C24H24ClN5O2S/c1-16-7-8-17(25)22-21(16)28-24(33-22)30(10-4-9-29-11-13-32-14-12-29)23(31)20-15-26-18-5-2-3-6-19(18)27-20/h2-3,5-8,15H,4,9-14H2,1H3. The molecule has 2 aromatic carbocycles. The number of fused-ring (bicyclic) bond motifs is 2. The van der Waals surface area contributed by atoms with Gasteiger partial charge in [0.1, 0.15) is 5.69 Å². The van der Waals surface area contributed by atoms with Gasteiger partial charge >= 0.3 is 0 Å². The van der Waals surface area contributed by atoms with Gasteiger partial charge in [0, 0.05) is 26.2 Å². The van der Waals surface area contributed by atoms with Crippen LogP contribution in [0.2, 0.25) is 5.02 Å². The third kappa shape index (κ3) is 4.70. The van der Waals surface area contributed by atoms with Gasteiger partial charge in [-0.2, -0.15) is 0 Å². The normalized spacial score (nSPS) is 14.7. The molecular weight excluding hydrogens is 458 g/mol. The molecule has 4 aromatic rings. The number of benzene rings is 2. The van der Waals surface area contributed by atoms with Crippen molar-refractivity contribution in [2.24, 2.45) is 0 Å². The highest BCUT2D eigenvalue weighted by molar-refractivity contribution is 7.23. The number of aromatic nitrogens is 3. The zero-order valence-corrected chi connectivity index (χ0v) is 19.9. The van der Waals surface area contributed by atoms with E-state index >= 15 is 0 Å². The molecule has 170 valence electrons. The third-order valence-electron chi connectivity index (χ3n) is 5.79. The summed E-state index contributed by atoms with van der Waals surface area (Å²) in [6.07, 6.45) is 2.36. The number of rotatable bonds is 6. The first-order chi connectivity index (χ1) is 16.1. The first kappa shape index (κ1) is 22.2. The topological polar surface area (TPSA) is 71.5 Å². The fraction of sp³-hybridized carbons (Fsp3) is 0.333. The first-order valence-corrected chi connectivity index (χ1v) is 12.2. The third-order valence-corrected chi connectivity index (χ3v) is 7.33. The van der Waals surface area contributed by atoms with Gasteiger partial charge in [-0.05, 0) is 37.1 Å². The van der Waals surface area contributed by atoms with Crippen molar-refractivity contribution in [1.29, 1.82) is 0 Å². The van der Waals surface area contributed by atoms with E-state index < -0.39 is 0 Å². The molecule has 3 heterocycles. The second-order valence-electron chi connectivity index (χ2n) is 8.05. The summed E-state index contributed by atoms with van der Waals surface area (Å²) < 4.78 is 6.33. The summed E-state index contributed by atoms with van der Waals surface area (Å²) in [7, 11) is 0. The Labute approximate surface area is 201 Å². The van der Waals surface area contributed by atoms with Crippen molar-refractivity contribution < 1.29 is 9.53 Å². The lowest BCUT2D eigenvalue weighted by molar-refractivity contribution is 0.0376. The summed E-state index contributed by atoms with van der Waals surface area (Å²) in [6, 6.07) is 11.4. The average molecular weight is 482 g/mol. The van der Waals surface area contributed by atoms with E-state index in [0.717, 1.165) is 60.6 Å². The number of carbonyl (C=O) groups is 1. The van der Waals surface area contributed by atoms with Crippen molar-refractivity contribution in [3.05, 3.63) is 58.9 Å². The molecule has 1 fully saturated rings. The molecule has 9 heteroatoms.